The quantitative estimate of drug-likeness (QED) is 0.610. The fourth-order valence-corrected chi connectivity index (χ4v) is 1.76. The van der Waals surface area contributed by atoms with E-state index in [-0.39, 0.29) is 6.04 Å². The molecule has 2 aromatic rings. The summed E-state index contributed by atoms with van der Waals surface area (Å²) in [7, 11) is 0. The maximum absolute atomic E-state index is 5.59. The van der Waals surface area contributed by atoms with Gasteiger partial charge in [-0.15, -0.1) is 0 Å². The first-order valence-corrected chi connectivity index (χ1v) is 6.31. The molecule has 3 N–H and O–H groups in total. The molecule has 1 heterocycles. The molecule has 5 heteroatoms. The molecule has 0 saturated carbocycles. The van der Waals surface area contributed by atoms with E-state index in [4.69, 9.17) is 10.6 Å². The average molecular weight is 258 g/mol. The molecule has 0 aliphatic carbocycles. The summed E-state index contributed by atoms with van der Waals surface area (Å²) in [5, 5.41) is 0. The van der Waals surface area contributed by atoms with Crippen molar-refractivity contribution in [3.8, 4) is 5.75 Å². The van der Waals surface area contributed by atoms with Crippen molar-refractivity contribution in [3.63, 3.8) is 0 Å². The summed E-state index contributed by atoms with van der Waals surface area (Å²) in [4.78, 5) is 8.43. The molecule has 2 rings (SSSR count). The summed E-state index contributed by atoms with van der Waals surface area (Å²) in [6.07, 6.45) is 4.39. The van der Waals surface area contributed by atoms with Crippen LogP contribution in [0.25, 0.3) is 0 Å². The van der Waals surface area contributed by atoms with Crippen LogP contribution in [0, 0.1) is 0 Å². The topological polar surface area (TPSA) is 73.1 Å². The number of nitrogens with two attached hydrogens (primary N) is 1. The van der Waals surface area contributed by atoms with Gasteiger partial charge in [0.1, 0.15) is 11.8 Å². The Hall–Kier alpha value is -1.98. The van der Waals surface area contributed by atoms with Gasteiger partial charge >= 0.3 is 0 Å². The summed E-state index contributed by atoms with van der Waals surface area (Å²) in [5.74, 6) is 7.10. The van der Waals surface area contributed by atoms with Crippen molar-refractivity contribution < 1.29 is 4.74 Å². The van der Waals surface area contributed by atoms with Crippen molar-refractivity contribution in [2.24, 2.45) is 5.84 Å². The molecular weight excluding hydrogens is 240 g/mol. The minimum Gasteiger partial charge on any atom is -0.494 e. The third-order valence-corrected chi connectivity index (χ3v) is 2.70. The molecule has 0 aliphatic heterocycles. The second-order valence-corrected chi connectivity index (χ2v) is 4.12. The van der Waals surface area contributed by atoms with Gasteiger partial charge in [0.15, 0.2) is 5.82 Å². The van der Waals surface area contributed by atoms with Gasteiger partial charge in [-0.25, -0.2) is 15.4 Å². The number of nitrogens with one attached hydrogen (secondary N) is 1. The zero-order valence-corrected chi connectivity index (χ0v) is 10.9. The summed E-state index contributed by atoms with van der Waals surface area (Å²) < 4.78 is 5.55. The van der Waals surface area contributed by atoms with Crippen LogP contribution in [0.2, 0.25) is 0 Å². The number of hydrazine groups is 1. The van der Waals surface area contributed by atoms with Crippen LogP contribution < -0.4 is 16.0 Å². The lowest BCUT2D eigenvalue weighted by Crippen LogP contribution is -2.30. The van der Waals surface area contributed by atoms with E-state index < -0.39 is 0 Å². The number of benzene rings is 1. The monoisotopic (exact) mass is 258 g/mol. The first-order valence-electron chi connectivity index (χ1n) is 6.31. The maximum Gasteiger partial charge on any atom is 0.150 e. The average Bonchev–Trinajstić information content (AvgIpc) is 2.48. The van der Waals surface area contributed by atoms with Crippen LogP contribution in [-0.2, 0) is 0 Å². The smallest absolute Gasteiger partial charge is 0.150 e. The predicted molar refractivity (Wildman–Crippen MR) is 73.4 cm³/mol. The normalized spacial score (nSPS) is 12.1. The Bertz CT molecular complexity index is 487. The van der Waals surface area contributed by atoms with Crippen LogP contribution in [0.4, 0.5) is 0 Å². The van der Waals surface area contributed by atoms with E-state index in [1.165, 1.54) is 0 Å². The minimum atomic E-state index is -0.221. The van der Waals surface area contributed by atoms with E-state index in [9.17, 15) is 0 Å². The highest BCUT2D eigenvalue weighted by Crippen LogP contribution is 2.20. The SMILES string of the molecule is CCCOc1ccc(C(NN)c2ncccn2)cc1. The Morgan fingerprint density at radius 3 is 2.47 bits per heavy atom. The Labute approximate surface area is 112 Å². The van der Waals surface area contributed by atoms with Crippen molar-refractivity contribution in [2.75, 3.05) is 6.61 Å². The molecule has 1 aromatic heterocycles. The zero-order chi connectivity index (χ0) is 13.5. The number of hydrogen-bond donors (Lipinski definition) is 2. The van der Waals surface area contributed by atoms with E-state index in [1.54, 1.807) is 18.5 Å². The van der Waals surface area contributed by atoms with Crippen molar-refractivity contribution >= 4 is 0 Å². The summed E-state index contributed by atoms with van der Waals surface area (Å²) in [6.45, 7) is 2.80. The van der Waals surface area contributed by atoms with E-state index in [0.29, 0.717) is 5.82 Å². The van der Waals surface area contributed by atoms with Gasteiger partial charge in [0, 0.05) is 12.4 Å². The summed E-state index contributed by atoms with van der Waals surface area (Å²) in [5.41, 5.74) is 3.73. The molecule has 0 aliphatic rings. The van der Waals surface area contributed by atoms with Gasteiger partial charge in [-0.1, -0.05) is 19.1 Å². The third kappa shape index (κ3) is 3.49. The number of nitrogens with zero attached hydrogens (tertiary/aromatic N) is 2. The second-order valence-electron chi connectivity index (χ2n) is 4.12. The van der Waals surface area contributed by atoms with Gasteiger partial charge in [0.05, 0.1) is 6.61 Å². The third-order valence-electron chi connectivity index (χ3n) is 2.70. The fraction of sp³-hybridized carbons (Fsp3) is 0.286. The van der Waals surface area contributed by atoms with Gasteiger partial charge in [-0.3, -0.25) is 5.84 Å². The van der Waals surface area contributed by atoms with Crippen LogP contribution in [0.1, 0.15) is 30.8 Å². The van der Waals surface area contributed by atoms with Crippen molar-refractivity contribution in [2.45, 2.75) is 19.4 Å². The lowest BCUT2D eigenvalue weighted by Gasteiger charge is -2.15. The molecule has 0 amide bonds. The van der Waals surface area contributed by atoms with Crippen LogP contribution in [-0.4, -0.2) is 16.6 Å². The minimum absolute atomic E-state index is 0.221. The Balaban J connectivity index is 2.15. The predicted octanol–water partition coefficient (Wildman–Crippen LogP) is 1.82. The van der Waals surface area contributed by atoms with Crippen molar-refractivity contribution in [1.82, 2.24) is 15.4 Å². The molecule has 5 nitrogen and oxygen atoms in total. The first-order chi connectivity index (χ1) is 9.35. The molecule has 0 fully saturated rings. The van der Waals surface area contributed by atoms with E-state index in [0.717, 1.165) is 24.3 Å². The van der Waals surface area contributed by atoms with Crippen molar-refractivity contribution in [1.29, 1.82) is 0 Å². The summed E-state index contributed by atoms with van der Waals surface area (Å²) in [6, 6.07) is 9.34. The highest BCUT2D eigenvalue weighted by atomic mass is 16.5. The zero-order valence-electron chi connectivity index (χ0n) is 10.9. The van der Waals surface area contributed by atoms with Gasteiger partial charge < -0.3 is 4.74 Å². The molecule has 1 unspecified atom stereocenters. The molecule has 0 radical (unpaired) electrons. The Kier molecular flexibility index (Phi) is 4.83. The van der Waals surface area contributed by atoms with Gasteiger partial charge in [-0.05, 0) is 30.2 Å². The fourth-order valence-electron chi connectivity index (χ4n) is 1.76. The second kappa shape index (κ2) is 6.82. The highest BCUT2D eigenvalue weighted by Gasteiger charge is 2.14. The summed E-state index contributed by atoms with van der Waals surface area (Å²) >= 11 is 0. The van der Waals surface area contributed by atoms with Gasteiger partial charge in [-0.2, -0.15) is 0 Å². The molecule has 0 bridgehead atoms. The number of ether oxygens (including phenoxy) is 1. The standard InChI is InChI=1S/C14H18N4O/c1-2-10-19-12-6-4-11(5-7-12)13(18-15)14-16-8-3-9-17-14/h3-9,13,18H,2,10,15H2,1H3. The highest BCUT2D eigenvalue weighted by molar-refractivity contribution is 5.31. The number of aromatic nitrogens is 2. The Morgan fingerprint density at radius 2 is 1.89 bits per heavy atom. The molecular formula is C14H18N4O. The lowest BCUT2D eigenvalue weighted by molar-refractivity contribution is 0.317. The largest absolute Gasteiger partial charge is 0.494 e. The van der Waals surface area contributed by atoms with Gasteiger partial charge in [0.2, 0.25) is 0 Å². The van der Waals surface area contributed by atoms with E-state index in [2.05, 4.69) is 22.3 Å². The van der Waals surface area contributed by atoms with E-state index in [1.807, 2.05) is 24.3 Å². The molecule has 0 spiro atoms. The molecule has 1 aromatic carbocycles. The van der Waals surface area contributed by atoms with Crippen LogP contribution >= 0.6 is 0 Å². The van der Waals surface area contributed by atoms with E-state index >= 15 is 0 Å². The maximum atomic E-state index is 5.59. The molecule has 100 valence electrons. The first kappa shape index (κ1) is 13.5. The van der Waals surface area contributed by atoms with Crippen molar-refractivity contribution in [3.05, 3.63) is 54.1 Å². The molecule has 0 saturated heterocycles. The number of hydrogen-bond acceptors (Lipinski definition) is 5. The number of rotatable bonds is 6. The van der Waals surface area contributed by atoms with Gasteiger partial charge in [0.25, 0.3) is 0 Å². The van der Waals surface area contributed by atoms with Crippen LogP contribution in [0.15, 0.2) is 42.7 Å². The Morgan fingerprint density at radius 1 is 1.21 bits per heavy atom. The van der Waals surface area contributed by atoms with Crippen LogP contribution in [0.5, 0.6) is 5.75 Å². The van der Waals surface area contributed by atoms with Crippen LogP contribution in [0.3, 0.4) is 0 Å². The molecule has 19 heavy (non-hydrogen) atoms. The lowest BCUT2D eigenvalue weighted by atomic mass is 10.1. The molecule has 1 atom stereocenters.